The number of halogens is 2. The first-order valence-electron chi connectivity index (χ1n) is 5.16. The van der Waals surface area contributed by atoms with E-state index in [9.17, 15) is 8.78 Å². The highest BCUT2D eigenvalue weighted by Crippen LogP contribution is 2.15. The summed E-state index contributed by atoms with van der Waals surface area (Å²) in [6, 6.07) is 3.48. The summed E-state index contributed by atoms with van der Waals surface area (Å²) in [7, 11) is 0. The van der Waals surface area contributed by atoms with Crippen LogP contribution in [0.1, 0.15) is 0 Å². The van der Waals surface area contributed by atoms with Gasteiger partial charge >= 0.3 is 0 Å². The Morgan fingerprint density at radius 2 is 2.25 bits per heavy atom. The van der Waals surface area contributed by atoms with E-state index in [0.717, 1.165) is 18.7 Å². The van der Waals surface area contributed by atoms with E-state index in [4.69, 9.17) is 9.47 Å². The van der Waals surface area contributed by atoms with Crippen LogP contribution in [-0.4, -0.2) is 32.4 Å². The minimum atomic E-state index is -0.903. The van der Waals surface area contributed by atoms with Gasteiger partial charge in [0.05, 0.1) is 6.61 Å². The van der Waals surface area contributed by atoms with Crippen LogP contribution in [0.2, 0.25) is 0 Å². The van der Waals surface area contributed by atoms with Gasteiger partial charge in [0, 0.05) is 19.2 Å². The maximum atomic E-state index is 12.8. The molecule has 1 aliphatic heterocycles. The molecule has 88 valence electrons. The normalized spacial score (nSPS) is 20.8. The number of morpholine rings is 1. The summed E-state index contributed by atoms with van der Waals surface area (Å²) in [6.45, 7) is 2.52. The van der Waals surface area contributed by atoms with Crippen LogP contribution in [0, 0.1) is 11.6 Å². The lowest BCUT2D eigenvalue weighted by molar-refractivity contribution is 0.000117. The number of ether oxygens (including phenoxy) is 2. The van der Waals surface area contributed by atoms with E-state index < -0.39 is 11.6 Å². The molecule has 3 nitrogen and oxygen atoms in total. The fourth-order valence-electron chi connectivity index (χ4n) is 1.48. The van der Waals surface area contributed by atoms with Crippen molar-refractivity contribution in [1.82, 2.24) is 5.32 Å². The zero-order valence-electron chi connectivity index (χ0n) is 8.71. The lowest BCUT2D eigenvalue weighted by Gasteiger charge is -2.23. The van der Waals surface area contributed by atoms with Gasteiger partial charge in [-0.2, -0.15) is 0 Å². The quantitative estimate of drug-likeness (QED) is 0.848. The molecule has 5 heteroatoms. The highest BCUT2D eigenvalue weighted by Gasteiger charge is 2.14. The second-order valence-electron chi connectivity index (χ2n) is 3.58. The summed E-state index contributed by atoms with van der Waals surface area (Å²) < 4.78 is 36.2. The van der Waals surface area contributed by atoms with E-state index in [-0.39, 0.29) is 6.10 Å². The first-order chi connectivity index (χ1) is 7.75. The van der Waals surface area contributed by atoms with Gasteiger partial charge in [0.15, 0.2) is 11.6 Å². The van der Waals surface area contributed by atoms with Crippen LogP contribution in [-0.2, 0) is 4.74 Å². The molecule has 0 saturated carbocycles. The third-order valence-electron chi connectivity index (χ3n) is 2.33. The molecule has 0 amide bonds. The van der Waals surface area contributed by atoms with Crippen molar-refractivity contribution >= 4 is 0 Å². The molecule has 0 bridgehead atoms. The van der Waals surface area contributed by atoms with Gasteiger partial charge in [0.2, 0.25) is 0 Å². The van der Waals surface area contributed by atoms with Crippen LogP contribution >= 0.6 is 0 Å². The average Bonchev–Trinajstić information content (AvgIpc) is 2.32. The zero-order chi connectivity index (χ0) is 11.4. The van der Waals surface area contributed by atoms with E-state index in [1.807, 2.05) is 0 Å². The van der Waals surface area contributed by atoms with Gasteiger partial charge in [-0.1, -0.05) is 0 Å². The Bertz CT molecular complexity index is 354. The van der Waals surface area contributed by atoms with Gasteiger partial charge in [-0.15, -0.1) is 0 Å². The van der Waals surface area contributed by atoms with Gasteiger partial charge in [-0.05, 0) is 12.1 Å². The van der Waals surface area contributed by atoms with E-state index in [1.54, 1.807) is 0 Å². The lowest BCUT2D eigenvalue weighted by Crippen LogP contribution is -2.41. The Morgan fingerprint density at radius 3 is 2.94 bits per heavy atom. The van der Waals surface area contributed by atoms with Crippen molar-refractivity contribution in [2.75, 3.05) is 26.3 Å². The van der Waals surface area contributed by atoms with Gasteiger partial charge in [-0.25, -0.2) is 8.78 Å². The number of hydrogen-bond acceptors (Lipinski definition) is 3. The molecule has 0 spiro atoms. The Hall–Kier alpha value is -1.20. The lowest BCUT2D eigenvalue weighted by atomic mass is 10.3. The third-order valence-corrected chi connectivity index (χ3v) is 2.33. The van der Waals surface area contributed by atoms with Crippen LogP contribution in [0.15, 0.2) is 18.2 Å². The Balaban J connectivity index is 1.86. The van der Waals surface area contributed by atoms with Crippen LogP contribution in [0.5, 0.6) is 5.75 Å². The monoisotopic (exact) mass is 229 g/mol. The van der Waals surface area contributed by atoms with Crippen LogP contribution < -0.4 is 10.1 Å². The standard InChI is InChI=1S/C11H13F2NO2/c12-10-2-1-8(5-11(10)13)16-7-9-6-14-3-4-15-9/h1-2,5,9,14H,3-4,6-7H2. The molecule has 1 heterocycles. The molecule has 1 fully saturated rings. The molecule has 1 saturated heterocycles. The van der Waals surface area contributed by atoms with Crippen LogP contribution in [0.3, 0.4) is 0 Å². The molecular formula is C11H13F2NO2. The van der Waals surface area contributed by atoms with Crippen molar-refractivity contribution in [3.8, 4) is 5.75 Å². The summed E-state index contributed by atoms with van der Waals surface area (Å²) in [5.41, 5.74) is 0. The summed E-state index contributed by atoms with van der Waals surface area (Å²) in [4.78, 5) is 0. The molecule has 1 aromatic rings. The number of rotatable bonds is 3. The van der Waals surface area contributed by atoms with Crippen molar-refractivity contribution in [1.29, 1.82) is 0 Å². The van der Waals surface area contributed by atoms with Gasteiger partial charge in [-0.3, -0.25) is 0 Å². The average molecular weight is 229 g/mol. The van der Waals surface area contributed by atoms with Gasteiger partial charge in [0.25, 0.3) is 0 Å². The molecule has 1 unspecified atom stereocenters. The van der Waals surface area contributed by atoms with E-state index >= 15 is 0 Å². The highest BCUT2D eigenvalue weighted by atomic mass is 19.2. The molecule has 0 aliphatic carbocycles. The van der Waals surface area contributed by atoms with Gasteiger partial charge < -0.3 is 14.8 Å². The summed E-state index contributed by atoms with van der Waals surface area (Å²) in [6.07, 6.45) is -0.0399. The minimum absolute atomic E-state index is 0.0399. The van der Waals surface area contributed by atoms with Crippen LogP contribution in [0.25, 0.3) is 0 Å². The molecule has 2 rings (SSSR count). The molecule has 1 aliphatic rings. The Labute approximate surface area is 92.4 Å². The summed E-state index contributed by atoms with van der Waals surface area (Å²) >= 11 is 0. The molecule has 1 N–H and O–H groups in total. The number of hydrogen-bond donors (Lipinski definition) is 1. The van der Waals surface area contributed by atoms with Crippen molar-refractivity contribution in [2.24, 2.45) is 0 Å². The number of nitrogens with one attached hydrogen (secondary N) is 1. The fourth-order valence-corrected chi connectivity index (χ4v) is 1.48. The summed E-state index contributed by atoms with van der Waals surface area (Å²) in [5, 5.41) is 3.15. The topological polar surface area (TPSA) is 30.5 Å². The van der Waals surface area contributed by atoms with Gasteiger partial charge in [0.1, 0.15) is 18.5 Å². The highest BCUT2D eigenvalue weighted by molar-refractivity contribution is 5.23. The van der Waals surface area contributed by atoms with E-state index in [2.05, 4.69) is 5.32 Å². The Morgan fingerprint density at radius 1 is 1.38 bits per heavy atom. The molecule has 16 heavy (non-hydrogen) atoms. The van der Waals surface area contributed by atoms with Crippen molar-refractivity contribution < 1.29 is 18.3 Å². The van der Waals surface area contributed by atoms with E-state index in [0.29, 0.717) is 25.5 Å². The van der Waals surface area contributed by atoms with E-state index in [1.165, 1.54) is 6.07 Å². The molecule has 1 atom stereocenters. The minimum Gasteiger partial charge on any atom is -0.491 e. The third kappa shape index (κ3) is 2.90. The molecule has 0 aromatic heterocycles. The zero-order valence-corrected chi connectivity index (χ0v) is 8.71. The molecule has 1 aromatic carbocycles. The predicted molar refractivity (Wildman–Crippen MR) is 54.5 cm³/mol. The predicted octanol–water partition coefficient (Wildman–Crippen LogP) is 1.33. The number of benzene rings is 1. The maximum absolute atomic E-state index is 12.8. The molecular weight excluding hydrogens is 216 g/mol. The SMILES string of the molecule is Fc1ccc(OCC2CNCCO2)cc1F. The maximum Gasteiger partial charge on any atom is 0.162 e. The second-order valence-corrected chi connectivity index (χ2v) is 3.58. The van der Waals surface area contributed by atoms with Crippen molar-refractivity contribution in [2.45, 2.75) is 6.10 Å². The molecule has 0 radical (unpaired) electrons. The largest absolute Gasteiger partial charge is 0.491 e. The first kappa shape index (κ1) is 11.3. The summed E-state index contributed by atoms with van der Waals surface area (Å²) in [5.74, 6) is -1.46. The second kappa shape index (κ2) is 5.23. The van der Waals surface area contributed by atoms with Crippen molar-refractivity contribution in [3.05, 3.63) is 29.8 Å². The smallest absolute Gasteiger partial charge is 0.162 e. The van der Waals surface area contributed by atoms with Crippen molar-refractivity contribution in [3.63, 3.8) is 0 Å². The first-order valence-corrected chi connectivity index (χ1v) is 5.16. The Kier molecular flexibility index (Phi) is 3.69. The fraction of sp³-hybridized carbons (Fsp3) is 0.455. The van der Waals surface area contributed by atoms with Crippen LogP contribution in [0.4, 0.5) is 8.78 Å².